The second-order valence-corrected chi connectivity index (χ2v) is 14.2. The molecule has 0 bridgehead atoms. The monoisotopic (exact) mass is 594 g/mol. The van der Waals surface area contributed by atoms with Gasteiger partial charge >= 0.3 is 0 Å². The average molecular weight is 595 g/mol. The van der Waals surface area contributed by atoms with Gasteiger partial charge in [0, 0.05) is 37.8 Å². The van der Waals surface area contributed by atoms with Crippen molar-refractivity contribution < 1.29 is 4.57 Å². The Labute approximate surface area is 261 Å². The summed E-state index contributed by atoms with van der Waals surface area (Å²) in [5, 5.41) is 4.85. The summed E-state index contributed by atoms with van der Waals surface area (Å²) in [5.74, 6) is 0. The van der Waals surface area contributed by atoms with Crippen molar-refractivity contribution in [2.75, 3.05) is 0 Å². The number of nitrogens with zero attached hydrogens (tertiary/aromatic N) is 2. The first-order chi connectivity index (χ1) is 22.2. The summed E-state index contributed by atoms with van der Waals surface area (Å²) < 4.78 is 18.0. The molecule has 6 aromatic carbocycles. The maximum absolute atomic E-state index is 15.7. The van der Waals surface area contributed by atoms with Crippen LogP contribution in [0.15, 0.2) is 164 Å². The normalized spacial score (nSPS) is 15.3. The van der Waals surface area contributed by atoms with Crippen LogP contribution < -0.4 is 15.9 Å². The third-order valence-electron chi connectivity index (χ3n) is 8.99. The van der Waals surface area contributed by atoms with Gasteiger partial charge < -0.3 is 9.13 Å². The molecule has 0 N–H and O–H groups in total. The van der Waals surface area contributed by atoms with Crippen molar-refractivity contribution in [1.82, 2.24) is 9.55 Å². The van der Waals surface area contributed by atoms with Gasteiger partial charge in [-0.3, -0.25) is 0 Å². The van der Waals surface area contributed by atoms with Gasteiger partial charge in [0.05, 0.1) is 28.1 Å². The van der Waals surface area contributed by atoms with E-state index >= 15 is 4.57 Å². The van der Waals surface area contributed by atoms with Crippen LogP contribution in [-0.4, -0.2) is 9.55 Å². The minimum atomic E-state index is -3.17. The Morgan fingerprint density at radius 2 is 1.09 bits per heavy atom. The Balaban J connectivity index is 1.40. The molecule has 212 valence electrons. The Morgan fingerprint density at radius 1 is 0.511 bits per heavy atom. The van der Waals surface area contributed by atoms with E-state index in [0.717, 1.165) is 77.0 Å². The largest absolute Gasteiger partial charge is 0.309 e. The van der Waals surface area contributed by atoms with Crippen LogP contribution in [0.3, 0.4) is 0 Å². The molecule has 0 fully saturated rings. The fourth-order valence-corrected chi connectivity index (χ4v) is 10.3. The van der Waals surface area contributed by atoms with Crippen LogP contribution in [0.25, 0.3) is 61.1 Å². The minimum absolute atomic E-state index is 0.863. The van der Waals surface area contributed by atoms with Crippen molar-refractivity contribution in [2.24, 2.45) is 0 Å². The fraction of sp³-hybridized carbons (Fsp3) is 0. The SMILES string of the molecule is O=P1(c2ccccc2)c2ccccc2-c2ccc3c(c21)c1ccccc1n3-c1cc(-c2ccccc2)nc(-c2ccccc2)c1. The highest BCUT2D eigenvalue weighted by atomic mass is 31.2. The van der Waals surface area contributed by atoms with Crippen molar-refractivity contribution >= 4 is 44.9 Å². The van der Waals surface area contributed by atoms with Crippen LogP contribution in [0, 0.1) is 0 Å². The van der Waals surface area contributed by atoms with Crippen molar-refractivity contribution in [3.63, 3.8) is 0 Å². The highest BCUT2D eigenvalue weighted by Crippen LogP contribution is 2.55. The Bertz CT molecular complexity index is 2390. The average Bonchev–Trinajstić information content (AvgIpc) is 3.59. The van der Waals surface area contributed by atoms with Gasteiger partial charge in [-0.15, -0.1) is 0 Å². The number of para-hydroxylation sites is 1. The van der Waals surface area contributed by atoms with Crippen LogP contribution >= 0.6 is 7.14 Å². The van der Waals surface area contributed by atoms with E-state index in [0.29, 0.717) is 0 Å². The maximum atomic E-state index is 15.7. The fourth-order valence-electron chi connectivity index (χ4n) is 7.03. The standard InChI is InChI=1S/C41H27N2OP/c44-45(31-18-8-3-9-19-31)39-23-13-11-20-32(39)33-24-25-38-40(41(33)45)34-21-10-12-22-37(34)43(38)30-26-35(28-14-4-1-5-15-28)42-36(27-30)29-16-6-2-7-17-29/h1-27H. The van der Waals surface area contributed by atoms with Crippen LogP contribution in [0.5, 0.6) is 0 Å². The maximum Gasteiger partial charge on any atom is 0.172 e. The zero-order valence-corrected chi connectivity index (χ0v) is 25.2. The van der Waals surface area contributed by atoms with Crippen LogP contribution in [0.2, 0.25) is 0 Å². The third-order valence-corrected chi connectivity index (χ3v) is 12.2. The molecule has 0 amide bonds. The molecule has 45 heavy (non-hydrogen) atoms. The number of rotatable bonds is 4. The van der Waals surface area contributed by atoms with Crippen molar-refractivity contribution in [2.45, 2.75) is 0 Å². The van der Waals surface area contributed by atoms with E-state index in [-0.39, 0.29) is 0 Å². The Kier molecular flexibility index (Phi) is 5.78. The van der Waals surface area contributed by atoms with E-state index in [1.807, 2.05) is 54.6 Å². The molecule has 9 rings (SSSR count). The van der Waals surface area contributed by atoms with Gasteiger partial charge in [0.15, 0.2) is 7.14 Å². The van der Waals surface area contributed by atoms with E-state index in [1.54, 1.807) is 0 Å². The highest BCUT2D eigenvalue weighted by Gasteiger charge is 2.42. The molecular weight excluding hydrogens is 567 g/mol. The molecule has 1 aliphatic rings. The van der Waals surface area contributed by atoms with Gasteiger partial charge in [0.2, 0.25) is 0 Å². The lowest BCUT2D eigenvalue weighted by Crippen LogP contribution is -2.21. The molecule has 0 saturated carbocycles. The van der Waals surface area contributed by atoms with E-state index in [4.69, 9.17) is 4.98 Å². The molecule has 4 heteroatoms. The van der Waals surface area contributed by atoms with E-state index < -0.39 is 7.14 Å². The van der Waals surface area contributed by atoms with Gasteiger partial charge in [0.1, 0.15) is 0 Å². The second kappa shape index (κ2) is 10.0. The van der Waals surface area contributed by atoms with Gasteiger partial charge in [0.25, 0.3) is 0 Å². The van der Waals surface area contributed by atoms with Crippen LogP contribution in [0.4, 0.5) is 0 Å². The van der Waals surface area contributed by atoms with Gasteiger partial charge in [-0.2, -0.15) is 0 Å². The summed E-state index contributed by atoms with van der Waals surface area (Å²) in [5.41, 5.74) is 9.15. The molecule has 1 atom stereocenters. The lowest BCUT2D eigenvalue weighted by Gasteiger charge is -2.17. The van der Waals surface area contributed by atoms with Crippen molar-refractivity contribution in [3.8, 4) is 39.3 Å². The number of pyridine rings is 1. The topological polar surface area (TPSA) is 34.9 Å². The zero-order valence-electron chi connectivity index (χ0n) is 24.3. The smallest absolute Gasteiger partial charge is 0.172 e. The number of hydrogen-bond donors (Lipinski definition) is 0. The van der Waals surface area contributed by atoms with Gasteiger partial charge in [-0.05, 0) is 35.4 Å². The molecule has 1 aliphatic heterocycles. The summed E-state index contributed by atoms with van der Waals surface area (Å²) in [6.07, 6.45) is 0. The van der Waals surface area contributed by atoms with E-state index in [9.17, 15) is 0 Å². The van der Waals surface area contributed by atoms with E-state index in [2.05, 4.69) is 114 Å². The quantitative estimate of drug-likeness (QED) is 0.191. The predicted octanol–water partition coefficient (Wildman–Crippen LogP) is 9.13. The molecular formula is C41H27N2OP. The molecule has 1 unspecified atom stereocenters. The highest BCUT2D eigenvalue weighted by molar-refractivity contribution is 7.86. The first kappa shape index (κ1) is 25.9. The first-order valence-electron chi connectivity index (χ1n) is 15.2. The number of benzene rings is 6. The Morgan fingerprint density at radius 3 is 1.78 bits per heavy atom. The number of aromatic nitrogens is 2. The molecule has 0 radical (unpaired) electrons. The number of hydrogen-bond acceptors (Lipinski definition) is 2. The number of fused-ring (bicyclic) bond motifs is 7. The minimum Gasteiger partial charge on any atom is -0.309 e. The molecule has 3 nitrogen and oxygen atoms in total. The molecule has 3 heterocycles. The summed E-state index contributed by atoms with van der Waals surface area (Å²) >= 11 is 0. The summed E-state index contributed by atoms with van der Waals surface area (Å²) in [6, 6.07) is 56.1. The zero-order chi connectivity index (χ0) is 30.0. The molecule has 8 aromatic rings. The summed E-state index contributed by atoms with van der Waals surface area (Å²) in [4.78, 5) is 5.13. The van der Waals surface area contributed by atoms with Gasteiger partial charge in [-0.25, -0.2) is 4.98 Å². The third kappa shape index (κ3) is 3.84. The molecule has 0 aliphatic carbocycles. The van der Waals surface area contributed by atoms with Gasteiger partial charge in [-0.1, -0.05) is 140 Å². The van der Waals surface area contributed by atoms with Crippen LogP contribution in [-0.2, 0) is 4.57 Å². The molecule has 2 aromatic heterocycles. The molecule has 0 saturated heterocycles. The first-order valence-corrected chi connectivity index (χ1v) is 16.9. The summed E-state index contributed by atoms with van der Waals surface area (Å²) in [7, 11) is -3.17. The lowest BCUT2D eigenvalue weighted by molar-refractivity contribution is 0.593. The van der Waals surface area contributed by atoms with Crippen molar-refractivity contribution in [1.29, 1.82) is 0 Å². The molecule has 0 spiro atoms. The predicted molar refractivity (Wildman–Crippen MR) is 188 cm³/mol. The summed E-state index contributed by atoms with van der Waals surface area (Å²) in [6.45, 7) is 0. The second-order valence-electron chi connectivity index (χ2n) is 11.5. The van der Waals surface area contributed by atoms with E-state index in [1.165, 1.54) is 0 Å². The van der Waals surface area contributed by atoms with Crippen molar-refractivity contribution in [3.05, 3.63) is 164 Å². The Hall–Kier alpha value is -5.50. The van der Waals surface area contributed by atoms with Crippen LogP contribution in [0.1, 0.15) is 0 Å². The lowest BCUT2D eigenvalue weighted by atomic mass is 10.0.